The Kier molecular flexibility index (Phi) is 6.46. The molecule has 0 saturated carbocycles. The Hall–Kier alpha value is -0.0800. The van der Waals surface area contributed by atoms with Crippen molar-refractivity contribution in [1.29, 1.82) is 0 Å². The summed E-state index contributed by atoms with van der Waals surface area (Å²) in [7, 11) is 1.78. The third-order valence-electron chi connectivity index (χ3n) is 2.97. The molecule has 0 aromatic rings. The molecule has 0 aliphatic heterocycles. The van der Waals surface area contributed by atoms with Gasteiger partial charge in [0.2, 0.25) is 0 Å². The lowest BCUT2D eigenvalue weighted by molar-refractivity contribution is 0.0786. The highest BCUT2D eigenvalue weighted by atomic mass is 16.5. The smallest absolute Gasteiger partial charge is 0.0491 e. The lowest BCUT2D eigenvalue weighted by Gasteiger charge is -2.36. The third kappa shape index (κ3) is 6.16. The van der Waals surface area contributed by atoms with Crippen LogP contribution in [0, 0.1) is 17.3 Å². The van der Waals surface area contributed by atoms with E-state index in [0.717, 1.165) is 13.2 Å². The highest BCUT2D eigenvalue weighted by molar-refractivity contribution is 4.80. The molecule has 0 fully saturated rings. The van der Waals surface area contributed by atoms with Crippen LogP contribution >= 0.6 is 0 Å². The van der Waals surface area contributed by atoms with Gasteiger partial charge in [0, 0.05) is 19.8 Å². The highest BCUT2D eigenvalue weighted by Crippen LogP contribution is 2.31. The Bertz CT molecular complexity index is 160. The molecule has 0 radical (unpaired) electrons. The summed E-state index contributed by atoms with van der Waals surface area (Å²) < 4.78 is 5.26. The molecule has 2 heteroatoms. The molecule has 0 aliphatic rings. The normalized spacial score (nSPS) is 16.8. The van der Waals surface area contributed by atoms with Crippen molar-refractivity contribution in [2.75, 3.05) is 20.3 Å². The Morgan fingerprint density at radius 3 is 2.00 bits per heavy atom. The van der Waals surface area contributed by atoms with Crippen LogP contribution in [0.5, 0.6) is 0 Å². The van der Waals surface area contributed by atoms with Gasteiger partial charge >= 0.3 is 0 Å². The number of methoxy groups -OCH3 is 1. The first-order valence-corrected chi connectivity index (χ1v) is 6.01. The van der Waals surface area contributed by atoms with Crippen molar-refractivity contribution in [2.45, 2.75) is 47.6 Å². The van der Waals surface area contributed by atoms with Crippen molar-refractivity contribution in [3.05, 3.63) is 0 Å². The zero-order valence-corrected chi connectivity index (χ0v) is 11.6. The minimum Gasteiger partial charge on any atom is -0.384 e. The molecule has 0 aromatic heterocycles. The number of hydrogen-bond donors (Lipinski definition) is 1. The Morgan fingerprint density at radius 1 is 1.13 bits per heavy atom. The molecule has 0 saturated heterocycles. The van der Waals surface area contributed by atoms with Crippen LogP contribution in [0.2, 0.25) is 0 Å². The summed E-state index contributed by atoms with van der Waals surface area (Å²) in [5.74, 6) is 1.25. The van der Waals surface area contributed by atoms with Crippen molar-refractivity contribution in [2.24, 2.45) is 17.3 Å². The highest BCUT2D eigenvalue weighted by Gasteiger charge is 2.29. The molecule has 0 rings (SSSR count). The van der Waals surface area contributed by atoms with Crippen LogP contribution in [0.1, 0.15) is 41.5 Å². The average Bonchev–Trinajstić information content (AvgIpc) is 2.01. The predicted octanol–water partition coefficient (Wildman–Crippen LogP) is 2.93. The molecule has 0 amide bonds. The van der Waals surface area contributed by atoms with Gasteiger partial charge < -0.3 is 10.1 Å². The fraction of sp³-hybridized carbons (Fsp3) is 1.00. The molecule has 0 heterocycles. The van der Waals surface area contributed by atoms with E-state index in [1.807, 2.05) is 0 Å². The molecule has 0 spiro atoms. The second kappa shape index (κ2) is 6.49. The number of rotatable bonds is 6. The van der Waals surface area contributed by atoms with Gasteiger partial charge in [-0.2, -0.15) is 0 Å². The topological polar surface area (TPSA) is 21.3 Å². The third-order valence-corrected chi connectivity index (χ3v) is 2.97. The molecule has 15 heavy (non-hydrogen) atoms. The first kappa shape index (κ1) is 14.9. The van der Waals surface area contributed by atoms with Gasteiger partial charge in [0.25, 0.3) is 0 Å². The minimum absolute atomic E-state index is 0.333. The molecular formula is C13H29NO. The second-order valence-electron chi connectivity index (χ2n) is 5.97. The summed E-state index contributed by atoms with van der Waals surface area (Å²) >= 11 is 0. The predicted molar refractivity (Wildman–Crippen MR) is 67.1 cm³/mol. The van der Waals surface area contributed by atoms with E-state index in [1.54, 1.807) is 7.11 Å². The Labute approximate surface area is 95.8 Å². The molecule has 92 valence electrons. The van der Waals surface area contributed by atoms with Crippen LogP contribution in [-0.2, 0) is 4.74 Å². The number of hydrogen-bond acceptors (Lipinski definition) is 2. The molecule has 0 bridgehead atoms. The van der Waals surface area contributed by atoms with Gasteiger partial charge in [0.05, 0.1) is 0 Å². The van der Waals surface area contributed by atoms with Gasteiger partial charge in [0.1, 0.15) is 0 Å². The van der Waals surface area contributed by atoms with Crippen molar-refractivity contribution in [3.8, 4) is 0 Å². The monoisotopic (exact) mass is 215 g/mol. The lowest BCUT2D eigenvalue weighted by atomic mass is 9.74. The first-order chi connectivity index (χ1) is 6.79. The van der Waals surface area contributed by atoms with Crippen molar-refractivity contribution in [1.82, 2.24) is 5.32 Å². The SMILES string of the molecule is COCC(C)C(CNC(C)C)C(C)(C)C. The Morgan fingerprint density at radius 2 is 1.67 bits per heavy atom. The minimum atomic E-state index is 0.333. The fourth-order valence-corrected chi connectivity index (χ4v) is 2.10. The van der Waals surface area contributed by atoms with E-state index in [1.165, 1.54) is 0 Å². The van der Waals surface area contributed by atoms with E-state index in [9.17, 15) is 0 Å². The summed E-state index contributed by atoms with van der Waals surface area (Å²) in [5.41, 5.74) is 0.333. The van der Waals surface area contributed by atoms with Gasteiger partial charge in [-0.25, -0.2) is 0 Å². The summed E-state index contributed by atoms with van der Waals surface area (Å²) in [6.07, 6.45) is 0. The fourth-order valence-electron chi connectivity index (χ4n) is 2.10. The average molecular weight is 215 g/mol. The molecule has 0 aromatic carbocycles. The summed E-state index contributed by atoms with van der Waals surface area (Å²) in [5, 5.41) is 3.54. The number of nitrogens with one attached hydrogen (secondary N) is 1. The van der Waals surface area contributed by atoms with Gasteiger partial charge in [-0.1, -0.05) is 41.5 Å². The number of ether oxygens (including phenoxy) is 1. The van der Waals surface area contributed by atoms with E-state index in [2.05, 4.69) is 46.9 Å². The molecule has 2 unspecified atom stereocenters. The maximum Gasteiger partial charge on any atom is 0.0491 e. The Balaban J connectivity index is 4.31. The van der Waals surface area contributed by atoms with Crippen molar-refractivity contribution >= 4 is 0 Å². The molecular weight excluding hydrogens is 186 g/mol. The first-order valence-electron chi connectivity index (χ1n) is 6.01. The lowest BCUT2D eigenvalue weighted by Crippen LogP contribution is -2.39. The van der Waals surface area contributed by atoms with E-state index < -0.39 is 0 Å². The van der Waals surface area contributed by atoms with Crippen molar-refractivity contribution in [3.63, 3.8) is 0 Å². The molecule has 1 N–H and O–H groups in total. The van der Waals surface area contributed by atoms with Gasteiger partial charge in [0.15, 0.2) is 0 Å². The summed E-state index contributed by atoms with van der Waals surface area (Å²) in [6.45, 7) is 15.5. The van der Waals surface area contributed by atoms with Crippen molar-refractivity contribution < 1.29 is 4.74 Å². The maximum atomic E-state index is 5.26. The van der Waals surface area contributed by atoms with E-state index in [-0.39, 0.29) is 0 Å². The second-order valence-corrected chi connectivity index (χ2v) is 5.97. The van der Waals surface area contributed by atoms with Crippen LogP contribution in [0.3, 0.4) is 0 Å². The quantitative estimate of drug-likeness (QED) is 0.735. The van der Waals surface area contributed by atoms with E-state index in [4.69, 9.17) is 4.74 Å². The van der Waals surface area contributed by atoms with Gasteiger partial charge in [-0.3, -0.25) is 0 Å². The molecule has 0 aliphatic carbocycles. The van der Waals surface area contributed by atoms with Crippen LogP contribution in [0.4, 0.5) is 0 Å². The van der Waals surface area contributed by atoms with Crippen LogP contribution in [-0.4, -0.2) is 26.3 Å². The van der Waals surface area contributed by atoms with E-state index in [0.29, 0.717) is 23.3 Å². The largest absolute Gasteiger partial charge is 0.384 e. The van der Waals surface area contributed by atoms with Crippen LogP contribution < -0.4 is 5.32 Å². The molecule has 2 atom stereocenters. The van der Waals surface area contributed by atoms with Gasteiger partial charge in [-0.15, -0.1) is 0 Å². The molecule has 2 nitrogen and oxygen atoms in total. The van der Waals surface area contributed by atoms with Gasteiger partial charge in [-0.05, 0) is 23.8 Å². The zero-order valence-electron chi connectivity index (χ0n) is 11.6. The van der Waals surface area contributed by atoms with Crippen LogP contribution in [0.15, 0.2) is 0 Å². The summed E-state index contributed by atoms with van der Waals surface area (Å²) in [6, 6.07) is 0.560. The van der Waals surface area contributed by atoms with E-state index >= 15 is 0 Å². The zero-order chi connectivity index (χ0) is 12.1. The van der Waals surface area contributed by atoms with Crippen LogP contribution in [0.25, 0.3) is 0 Å². The summed E-state index contributed by atoms with van der Waals surface area (Å²) in [4.78, 5) is 0. The maximum absolute atomic E-state index is 5.26. The standard InChI is InChI=1S/C13H29NO/c1-10(2)14-8-12(13(4,5)6)11(3)9-15-7/h10-12,14H,8-9H2,1-7H3.